The summed E-state index contributed by atoms with van der Waals surface area (Å²) in [6.07, 6.45) is 7.75. The average Bonchev–Trinajstić information content (AvgIpc) is 2.35. The number of hydrogen-bond donors (Lipinski definition) is 0. The molecule has 132 valence electrons. The van der Waals surface area contributed by atoms with E-state index < -0.39 is 0 Å². The summed E-state index contributed by atoms with van der Waals surface area (Å²) in [5.74, 6) is 0.329. The van der Waals surface area contributed by atoms with Crippen LogP contribution in [0.25, 0.3) is 0 Å². The van der Waals surface area contributed by atoms with Gasteiger partial charge in [0.2, 0.25) is 11.8 Å². The molecule has 0 aromatic heterocycles. The SMILES string of the molecule is CC(=O)N(C1CCCCC1)C1CC(C)(C)N(C(C)=O)C(C)(C)C1. The van der Waals surface area contributed by atoms with Crippen molar-refractivity contribution in [3.63, 3.8) is 0 Å². The summed E-state index contributed by atoms with van der Waals surface area (Å²) in [7, 11) is 0. The molecule has 1 saturated carbocycles. The lowest BCUT2D eigenvalue weighted by Crippen LogP contribution is -2.66. The zero-order chi connectivity index (χ0) is 17.4. The largest absolute Gasteiger partial charge is 0.337 e. The molecule has 1 saturated heterocycles. The Labute approximate surface area is 141 Å². The third kappa shape index (κ3) is 3.72. The Morgan fingerprint density at radius 3 is 1.74 bits per heavy atom. The summed E-state index contributed by atoms with van der Waals surface area (Å²) in [4.78, 5) is 28.8. The monoisotopic (exact) mass is 322 g/mol. The van der Waals surface area contributed by atoms with Crippen LogP contribution in [0.5, 0.6) is 0 Å². The van der Waals surface area contributed by atoms with Crippen LogP contribution in [-0.4, -0.2) is 44.8 Å². The highest BCUT2D eigenvalue weighted by molar-refractivity contribution is 5.76. The van der Waals surface area contributed by atoms with E-state index in [9.17, 15) is 9.59 Å². The maximum atomic E-state index is 12.4. The molecule has 4 heteroatoms. The summed E-state index contributed by atoms with van der Waals surface area (Å²) in [6.45, 7) is 11.9. The van der Waals surface area contributed by atoms with E-state index >= 15 is 0 Å². The molecule has 2 amide bonds. The normalized spacial score (nSPS) is 25.2. The van der Waals surface area contributed by atoms with Gasteiger partial charge in [0, 0.05) is 37.0 Å². The van der Waals surface area contributed by atoms with E-state index in [0.29, 0.717) is 6.04 Å². The topological polar surface area (TPSA) is 40.6 Å². The van der Waals surface area contributed by atoms with Crippen LogP contribution in [-0.2, 0) is 9.59 Å². The molecule has 4 nitrogen and oxygen atoms in total. The summed E-state index contributed by atoms with van der Waals surface area (Å²) in [5, 5.41) is 0. The molecule has 0 bridgehead atoms. The van der Waals surface area contributed by atoms with Crippen molar-refractivity contribution in [2.24, 2.45) is 0 Å². The average molecular weight is 322 g/mol. The van der Waals surface area contributed by atoms with Gasteiger partial charge in [-0.25, -0.2) is 0 Å². The Balaban J connectivity index is 2.28. The minimum absolute atomic E-state index is 0.130. The van der Waals surface area contributed by atoms with Gasteiger partial charge in [-0.15, -0.1) is 0 Å². The maximum Gasteiger partial charge on any atom is 0.220 e. The number of amides is 2. The molecular formula is C19H34N2O2. The Morgan fingerprint density at radius 2 is 1.35 bits per heavy atom. The number of piperidine rings is 1. The summed E-state index contributed by atoms with van der Waals surface area (Å²) in [5.41, 5.74) is -0.443. The lowest BCUT2D eigenvalue weighted by atomic mass is 9.75. The van der Waals surface area contributed by atoms with Gasteiger partial charge in [0.1, 0.15) is 0 Å². The molecule has 0 spiro atoms. The molecule has 2 fully saturated rings. The van der Waals surface area contributed by atoms with E-state index in [0.717, 1.165) is 25.7 Å². The van der Waals surface area contributed by atoms with Crippen molar-refractivity contribution in [3.8, 4) is 0 Å². The van der Waals surface area contributed by atoms with Crippen molar-refractivity contribution in [2.75, 3.05) is 0 Å². The van der Waals surface area contributed by atoms with Crippen LogP contribution in [0.3, 0.4) is 0 Å². The summed E-state index contributed by atoms with van der Waals surface area (Å²) >= 11 is 0. The Morgan fingerprint density at radius 1 is 0.870 bits per heavy atom. The third-order valence-electron chi connectivity index (χ3n) is 5.72. The molecule has 0 atom stereocenters. The van der Waals surface area contributed by atoms with Crippen LogP contribution >= 0.6 is 0 Å². The smallest absolute Gasteiger partial charge is 0.220 e. The van der Waals surface area contributed by atoms with Gasteiger partial charge in [-0.1, -0.05) is 19.3 Å². The lowest BCUT2D eigenvalue weighted by Gasteiger charge is -2.57. The van der Waals surface area contributed by atoms with Gasteiger partial charge in [-0.2, -0.15) is 0 Å². The second kappa shape index (κ2) is 6.45. The molecule has 2 aliphatic rings. The highest BCUT2D eigenvalue weighted by Gasteiger charge is 2.49. The number of nitrogens with zero attached hydrogens (tertiary/aromatic N) is 2. The Hall–Kier alpha value is -1.06. The molecular weight excluding hydrogens is 288 g/mol. The fourth-order valence-corrected chi connectivity index (χ4v) is 5.45. The van der Waals surface area contributed by atoms with Crippen LogP contribution in [0.2, 0.25) is 0 Å². The lowest BCUT2D eigenvalue weighted by molar-refractivity contribution is -0.154. The van der Waals surface area contributed by atoms with Crippen LogP contribution in [0.4, 0.5) is 0 Å². The molecule has 23 heavy (non-hydrogen) atoms. The number of carbonyl (C=O) groups is 2. The van der Waals surface area contributed by atoms with Crippen molar-refractivity contribution in [1.29, 1.82) is 0 Å². The van der Waals surface area contributed by atoms with E-state index in [1.54, 1.807) is 13.8 Å². The zero-order valence-corrected chi connectivity index (χ0v) is 15.8. The van der Waals surface area contributed by atoms with Crippen LogP contribution in [0.15, 0.2) is 0 Å². The first-order valence-electron chi connectivity index (χ1n) is 9.16. The first-order chi connectivity index (χ1) is 10.6. The number of likely N-dealkylation sites (tertiary alicyclic amines) is 1. The van der Waals surface area contributed by atoms with Gasteiger partial charge in [-0.05, 0) is 53.4 Å². The standard InChI is InChI=1S/C19H34N2O2/c1-14(22)20(16-10-8-7-9-11-16)17-12-18(3,4)21(15(2)23)19(5,6)13-17/h16-17H,7-13H2,1-6H3. The Kier molecular flexibility index (Phi) is 5.12. The van der Waals surface area contributed by atoms with Crippen LogP contribution < -0.4 is 0 Å². The molecule has 2 rings (SSSR count). The van der Waals surface area contributed by atoms with Gasteiger partial charge in [0.15, 0.2) is 0 Å². The van der Waals surface area contributed by atoms with E-state index in [-0.39, 0.29) is 28.9 Å². The van der Waals surface area contributed by atoms with Crippen molar-refractivity contribution in [3.05, 3.63) is 0 Å². The van der Waals surface area contributed by atoms with Gasteiger partial charge in [0.05, 0.1) is 0 Å². The summed E-state index contributed by atoms with van der Waals surface area (Å²) in [6, 6.07) is 0.623. The van der Waals surface area contributed by atoms with E-state index in [4.69, 9.17) is 0 Å². The van der Waals surface area contributed by atoms with Gasteiger partial charge in [-0.3, -0.25) is 9.59 Å². The highest BCUT2D eigenvalue weighted by atomic mass is 16.2. The molecule has 0 unspecified atom stereocenters. The number of hydrogen-bond acceptors (Lipinski definition) is 2. The second-order valence-corrected chi connectivity index (χ2v) is 8.76. The molecule has 0 N–H and O–H groups in total. The molecule has 1 aliphatic carbocycles. The van der Waals surface area contributed by atoms with E-state index in [1.807, 2.05) is 4.90 Å². The highest BCUT2D eigenvalue weighted by Crippen LogP contribution is 2.41. The molecule has 0 aromatic rings. The fraction of sp³-hybridized carbons (Fsp3) is 0.895. The predicted molar refractivity (Wildman–Crippen MR) is 93.1 cm³/mol. The maximum absolute atomic E-state index is 12.4. The molecule has 1 heterocycles. The first-order valence-corrected chi connectivity index (χ1v) is 9.16. The Bertz CT molecular complexity index is 446. The van der Waals surface area contributed by atoms with E-state index in [2.05, 4.69) is 32.6 Å². The van der Waals surface area contributed by atoms with Gasteiger partial charge >= 0.3 is 0 Å². The number of rotatable bonds is 2. The first kappa shape index (κ1) is 18.3. The molecule has 1 aliphatic heterocycles. The zero-order valence-electron chi connectivity index (χ0n) is 15.8. The van der Waals surface area contributed by atoms with Crippen LogP contribution in [0, 0.1) is 0 Å². The molecule has 0 radical (unpaired) electrons. The van der Waals surface area contributed by atoms with Gasteiger partial charge in [0.25, 0.3) is 0 Å². The quantitative estimate of drug-likeness (QED) is 0.777. The third-order valence-corrected chi connectivity index (χ3v) is 5.72. The van der Waals surface area contributed by atoms with Crippen molar-refractivity contribution >= 4 is 11.8 Å². The summed E-state index contributed by atoms with van der Waals surface area (Å²) < 4.78 is 0. The van der Waals surface area contributed by atoms with E-state index in [1.165, 1.54) is 19.3 Å². The minimum Gasteiger partial charge on any atom is -0.337 e. The van der Waals surface area contributed by atoms with Gasteiger partial charge < -0.3 is 9.80 Å². The van der Waals surface area contributed by atoms with Crippen molar-refractivity contribution in [2.45, 2.75) is 110 Å². The van der Waals surface area contributed by atoms with Crippen LogP contribution in [0.1, 0.15) is 86.5 Å². The predicted octanol–water partition coefficient (Wildman–Crippen LogP) is 3.74. The number of carbonyl (C=O) groups excluding carboxylic acids is 2. The minimum atomic E-state index is -0.222. The van der Waals surface area contributed by atoms with Crippen molar-refractivity contribution < 1.29 is 9.59 Å². The van der Waals surface area contributed by atoms with Crippen molar-refractivity contribution in [1.82, 2.24) is 9.80 Å². The fourth-order valence-electron chi connectivity index (χ4n) is 5.45. The second-order valence-electron chi connectivity index (χ2n) is 8.76. The molecule has 0 aromatic carbocycles.